The van der Waals surface area contributed by atoms with Crippen LogP contribution in [0.15, 0.2) is 28.7 Å². The molecule has 2 nitrogen and oxygen atoms in total. The van der Waals surface area contributed by atoms with Crippen LogP contribution in [0.1, 0.15) is 35.8 Å². The van der Waals surface area contributed by atoms with Gasteiger partial charge in [-0.05, 0) is 71.9 Å². The second-order valence-electron chi connectivity index (χ2n) is 5.12. The Bertz CT molecular complexity index is 633. The fourth-order valence-corrected chi connectivity index (χ4v) is 3.34. The predicted octanol–water partition coefficient (Wildman–Crippen LogP) is 4.54. The van der Waals surface area contributed by atoms with Crippen LogP contribution in [0.5, 0.6) is 0 Å². The molecule has 1 heterocycles. The molecule has 3 rings (SSSR count). The molecular formula is C15H16BrClN2. The lowest BCUT2D eigenvalue weighted by molar-refractivity contribution is 0.560. The van der Waals surface area contributed by atoms with E-state index in [9.17, 15) is 0 Å². The third kappa shape index (κ3) is 2.24. The Hall–Kier alpha value is -0.770. The summed E-state index contributed by atoms with van der Waals surface area (Å²) in [6.07, 6.45) is 3.32. The summed E-state index contributed by atoms with van der Waals surface area (Å²) in [4.78, 5) is 0. The molecule has 1 unspecified atom stereocenters. The molecule has 2 aromatic rings. The monoisotopic (exact) mass is 338 g/mol. The van der Waals surface area contributed by atoms with Crippen molar-refractivity contribution >= 4 is 27.5 Å². The third-order valence-corrected chi connectivity index (χ3v) is 5.04. The second-order valence-corrected chi connectivity index (χ2v) is 6.38. The van der Waals surface area contributed by atoms with Gasteiger partial charge >= 0.3 is 0 Å². The zero-order chi connectivity index (χ0) is 13.6. The van der Waals surface area contributed by atoms with Crippen molar-refractivity contribution in [3.63, 3.8) is 0 Å². The molecule has 2 N–H and O–H groups in total. The fourth-order valence-electron chi connectivity index (χ4n) is 2.92. The topological polar surface area (TPSA) is 30.9 Å². The molecule has 0 spiro atoms. The summed E-state index contributed by atoms with van der Waals surface area (Å²) >= 11 is 9.64. The lowest BCUT2D eigenvalue weighted by atomic mass is 9.93. The SMILES string of the molecule is Cc1cc2c(n1-c1ccc(Br)c(Cl)c1)CCCC2N. The highest BCUT2D eigenvalue weighted by atomic mass is 79.9. The van der Waals surface area contributed by atoms with E-state index in [1.54, 1.807) is 0 Å². The Balaban J connectivity index is 2.17. The van der Waals surface area contributed by atoms with Gasteiger partial charge in [0.15, 0.2) is 0 Å². The van der Waals surface area contributed by atoms with Crippen LogP contribution < -0.4 is 5.73 Å². The molecule has 1 aliphatic carbocycles. The van der Waals surface area contributed by atoms with Gasteiger partial charge in [0.05, 0.1) is 5.02 Å². The lowest BCUT2D eigenvalue weighted by Crippen LogP contribution is -2.17. The number of benzene rings is 1. The molecule has 1 atom stereocenters. The van der Waals surface area contributed by atoms with Crippen molar-refractivity contribution in [3.05, 3.63) is 50.7 Å². The van der Waals surface area contributed by atoms with Crippen LogP contribution >= 0.6 is 27.5 Å². The molecular weight excluding hydrogens is 324 g/mol. The van der Waals surface area contributed by atoms with E-state index in [0.717, 1.165) is 34.4 Å². The van der Waals surface area contributed by atoms with E-state index < -0.39 is 0 Å². The summed E-state index contributed by atoms with van der Waals surface area (Å²) in [5.41, 5.74) is 11.2. The number of fused-ring (bicyclic) bond motifs is 1. The average molecular weight is 340 g/mol. The van der Waals surface area contributed by atoms with Crippen molar-refractivity contribution in [3.8, 4) is 5.69 Å². The van der Waals surface area contributed by atoms with Crippen LogP contribution in [0.3, 0.4) is 0 Å². The molecule has 0 fully saturated rings. The summed E-state index contributed by atoms with van der Waals surface area (Å²) in [7, 11) is 0. The van der Waals surface area contributed by atoms with E-state index in [4.69, 9.17) is 17.3 Å². The summed E-state index contributed by atoms with van der Waals surface area (Å²) in [5, 5.41) is 0.736. The highest BCUT2D eigenvalue weighted by Crippen LogP contribution is 2.34. The van der Waals surface area contributed by atoms with Gasteiger partial charge in [-0.3, -0.25) is 0 Å². The molecule has 0 bridgehead atoms. The molecule has 4 heteroatoms. The fraction of sp³-hybridized carbons (Fsp3) is 0.333. The molecule has 100 valence electrons. The third-order valence-electron chi connectivity index (χ3n) is 3.81. The van der Waals surface area contributed by atoms with Gasteiger partial charge in [-0.2, -0.15) is 0 Å². The van der Waals surface area contributed by atoms with Gasteiger partial charge in [0, 0.05) is 27.6 Å². The lowest BCUT2D eigenvalue weighted by Gasteiger charge is -2.21. The highest BCUT2D eigenvalue weighted by Gasteiger charge is 2.22. The van der Waals surface area contributed by atoms with Gasteiger partial charge in [-0.25, -0.2) is 0 Å². The minimum atomic E-state index is 0.176. The molecule has 19 heavy (non-hydrogen) atoms. The summed E-state index contributed by atoms with van der Waals surface area (Å²) in [6.45, 7) is 2.13. The summed E-state index contributed by atoms with van der Waals surface area (Å²) in [5.74, 6) is 0. The minimum absolute atomic E-state index is 0.176. The number of hydrogen-bond donors (Lipinski definition) is 1. The van der Waals surface area contributed by atoms with Crippen LogP contribution in [0.25, 0.3) is 5.69 Å². The number of nitrogens with two attached hydrogens (primary N) is 1. The number of rotatable bonds is 1. The summed E-state index contributed by atoms with van der Waals surface area (Å²) < 4.78 is 3.21. The van der Waals surface area contributed by atoms with Gasteiger partial charge < -0.3 is 10.3 Å². The van der Waals surface area contributed by atoms with E-state index in [0.29, 0.717) is 0 Å². The maximum Gasteiger partial charge on any atom is 0.0568 e. The molecule has 1 aliphatic rings. The van der Waals surface area contributed by atoms with E-state index in [1.165, 1.54) is 17.0 Å². The van der Waals surface area contributed by atoms with Gasteiger partial charge in [0.1, 0.15) is 0 Å². The van der Waals surface area contributed by atoms with Crippen molar-refractivity contribution in [2.75, 3.05) is 0 Å². The van der Waals surface area contributed by atoms with E-state index in [2.05, 4.69) is 39.6 Å². The van der Waals surface area contributed by atoms with E-state index in [1.807, 2.05) is 12.1 Å². The van der Waals surface area contributed by atoms with Crippen LogP contribution in [0.2, 0.25) is 5.02 Å². The Kier molecular flexibility index (Phi) is 3.46. The maximum atomic E-state index is 6.21. The minimum Gasteiger partial charge on any atom is -0.324 e. The van der Waals surface area contributed by atoms with Crippen molar-refractivity contribution in [1.29, 1.82) is 0 Å². The summed E-state index contributed by atoms with van der Waals surface area (Å²) in [6, 6.07) is 8.47. The van der Waals surface area contributed by atoms with Crippen LogP contribution in [0.4, 0.5) is 0 Å². The Morgan fingerprint density at radius 1 is 1.37 bits per heavy atom. The predicted molar refractivity (Wildman–Crippen MR) is 83.1 cm³/mol. The van der Waals surface area contributed by atoms with Gasteiger partial charge in [0.2, 0.25) is 0 Å². The Morgan fingerprint density at radius 2 is 2.16 bits per heavy atom. The van der Waals surface area contributed by atoms with Gasteiger partial charge in [0.25, 0.3) is 0 Å². The van der Waals surface area contributed by atoms with Gasteiger partial charge in [-0.1, -0.05) is 11.6 Å². The Morgan fingerprint density at radius 3 is 2.89 bits per heavy atom. The first kappa shape index (κ1) is 13.2. The molecule has 0 radical (unpaired) electrons. The van der Waals surface area contributed by atoms with Crippen molar-refractivity contribution < 1.29 is 0 Å². The van der Waals surface area contributed by atoms with Crippen LogP contribution in [0, 0.1) is 6.92 Å². The molecule has 0 saturated heterocycles. The zero-order valence-corrected chi connectivity index (χ0v) is 13.1. The maximum absolute atomic E-state index is 6.21. The van der Waals surface area contributed by atoms with Crippen molar-refractivity contribution in [2.45, 2.75) is 32.2 Å². The first-order valence-corrected chi connectivity index (χ1v) is 7.67. The smallest absolute Gasteiger partial charge is 0.0568 e. The van der Waals surface area contributed by atoms with Crippen molar-refractivity contribution in [2.24, 2.45) is 5.73 Å². The Labute approximate surface area is 126 Å². The second kappa shape index (κ2) is 4.97. The standard InChI is InChI=1S/C15H16BrClN2/c1-9-7-11-14(18)3-2-4-15(11)19(9)10-5-6-12(16)13(17)8-10/h5-8,14H,2-4,18H2,1H3. The average Bonchev–Trinajstić information content (AvgIpc) is 2.71. The number of aromatic nitrogens is 1. The number of hydrogen-bond acceptors (Lipinski definition) is 1. The first-order valence-electron chi connectivity index (χ1n) is 6.50. The number of halogens is 2. The van der Waals surface area contributed by atoms with E-state index >= 15 is 0 Å². The van der Waals surface area contributed by atoms with E-state index in [-0.39, 0.29) is 6.04 Å². The largest absolute Gasteiger partial charge is 0.324 e. The van der Waals surface area contributed by atoms with Crippen LogP contribution in [-0.2, 0) is 6.42 Å². The molecule has 0 amide bonds. The molecule has 0 saturated carbocycles. The van der Waals surface area contributed by atoms with Crippen molar-refractivity contribution in [1.82, 2.24) is 4.57 Å². The quantitative estimate of drug-likeness (QED) is 0.812. The normalized spacial score (nSPS) is 18.4. The zero-order valence-electron chi connectivity index (χ0n) is 10.8. The van der Waals surface area contributed by atoms with Gasteiger partial charge in [-0.15, -0.1) is 0 Å². The molecule has 1 aromatic heterocycles. The number of nitrogens with zero attached hydrogens (tertiary/aromatic N) is 1. The van der Waals surface area contributed by atoms with Crippen LogP contribution in [-0.4, -0.2) is 4.57 Å². The highest BCUT2D eigenvalue weighted by molar-refractivity contribution is 9.10. The number of aryl methyl sites for hydroxylation is 1. The molecule has 1 aromatic carbocycles. The first-order chi connectivity index (χ1) is 9.08. The molecule has 0 aliphatic heterocycles.